The van der Waals surface area contributed by atoms with Gasteiger partial charge in [-0.25, -0.2) is 0 Å². The van der Waals surface area contributed by atoms with E-state index >= 15 is 0 Å². The van der Waals surface area contributed by atoms with Crippen molar-refractivity contribution in [3.05, 3.63) is 71.8 Å². The highest BCUT2D eigenvalue weighted by atomic mass is 35.5. The Morgan fingerprint density at radius 1 is 0.750 bits per heavy atom. The first-order valence-electron chi connectivity index (χ1n) is 9.95. The molecule has 0 radical (unpaired) electrons. The summed E-state index contributed by atoms with van der Waals surface area (Å²) in [6.07, 6.45) is 0.00400. The lowest BCUT2D eigenvalue weighted by atomic mass is 9.71. The average Bonchev–Trinajstić information content (AvgIpc) is 2.80. The van der Waals surface area contributed by atoms with Crippen molar-refractivity contribution in [3.63, 3.8) is 0 Å². The maximum atomic E-state index is 12.7. The topological polar surface area (TPSA) is 107 Å². The number of aliphatic carboxylic acids is 1. The zero-order valence-electron chi connectivity index (χ0n) is 17.8. The second-order valence-electron chi connectivity index (χ2n) is 7.33. The van der Waals surface area contributed by atoms with Gasteiger partial charge in [-0.1, -0.05) is 60.7 Å². The highest BCUT2D eigenvalue weighted by Gasteiger charge is 2.48. The van der Waals surface area contributed by atoms with Crippen LogP contribution in [0, 0.1) is 23.7 Å². The monoisotopic (exact) mass is 460 g/mol. The smallest absolute Gasteiger partial charge is 0.309 e. The van der Waals surface area contributed by atoms with Crippen LogP contribution < -0.4 is 0 Å². The molecule has 0 amide bonds. The summed E-state index contributed by atoms with van der Waals surface area (Å²) in [5, 5.41) is 9.05. The van der Waals surface area contributed by atoms with Crippen LogP contribution in [0.4, 0.5) is 0 Å². The molecule has 0 saturated carbocycles. The summed E-state index contributed by atoms with van der Waals surface area (Å²) >= 11 is 5.88. The summed E-state index contributed by atoms with van der Waals surface area (Å²) in [4.78, 5) is 50.3. The van der Waals surface area contributed by atoms with Crippen LogP contribution in [0.15, 0.2) is 60.7 Å². The van der Waals surface area contributed by atoms with Gasteiger partial charge in [0.15, 0.2) is 0 Å². The minimum absolute atomic E-state index is 0.00955. The van der Waals surface area contributed by atoms with Gasteiger partial charge in [-0.15, -0.1) is 0 Å². The zero-order valence-corrected chi connectivity index (χ0v) is 18.5. The SMILES string of the molecule is COC(=O)[C@@H](Cc1ccccc1)[C@H](C(=O)O)[C@@H](C(=O)Cl)[C@H](Cc1ccccc1)C(=O)OC. The normalized spacial score (nSPS) is 14.5. The third kappa shape index (κ3) is 6.40. The molecule has 4 atom stereocenters. The van der Waals surface area contributed by atoms with Crippen molar-refractivity contribution in [2.75, 3.05) is 14.2 Å². The number of hydrogen-bond donors (Lipinski definition) is 1. The molecule has 0 aliphatic rings. The molecule has 7 nitrogen and oxygen atoms in total. The van der Waals surface area contributed by atoms with E-state index in [0.717, 1.165) is 14.2 Å². The van der Waals surface area contributed by atoms with E-state index < -0.39 is 46.8 Å². The van der Waals surface area contributed by atoms with E-state index in [1.54, 1.807) is 60.7 Å². The Hall–Kier alpha value is -3.19. The van der Waals surface area contributed by atoms with Crippen LogP contribution in [-0.2, 0) is 41.5 Å². The Bertz CT molecular complexity index is 852. The van der Waals surface area contributed by atoms with Crippen LogP contribution in [-0.4, -0.2) is 42.5 Å². The molecule has 32 heavy (non-hydrogen) atoms. The standard InChI is InChI=1S/C24H25ClO7/c1-31-23(29)17(13-15-9-5-3-6-10-15)19(21(25)26)20(22(27)28)18(24(30)32-2)14-16-11-7-4-8-12-16/h3-12,17-20H,13-14H2,1-2H3,(H,27,28)/t17-,18-,19-,20-/m0/s1. The average molecular weight is 461 g/mol. The third-order valence-electron chi connectivity index (χ3n) is 5.41. The highest BCUT2D eigenvalue weighted by Crippen LogP contribution is 2.35. The molecule has 0 heterocycles. The quantitative estimate of drug-likeness (QED) is 0.405. The fraction of sp³-hybridized carbons (Fsp3) is 0.333. The largest absolute Gasteiger partial charge is 0.481 e. The number of hydrogen-bond acceptors (Lipinski definition) is 6. The fourth-order valence-electron chi connectivity index (χ4n) is 3.88. The molecule has 0 aromatic heterocycles. The van der Waals surface area contributed by atoms with E-state index in [1.165, 1.54) is 0 Å². The number of carbonyl (C=O) groups is 4. The van der Waals surface area contributed by atoms with Crippen molar-refractivity contribution in [2.45, 2.75) is 12.8 Å². The second kappa shape index (κ2) is 12.0. The van der Waals surface area contributed by atoms with E-state index in [2.05, 4.69) is 0 Å². The van der Waals surface area contributed by atoms with E-state index in [4.69, 9.17) is 21.1 Å². The Morgan fingerprint density at radius 2 is 1.12 bits per heavy atom. The van der Waals surface area contributed by atoms with Crippen LogP contribution in [0.1, 0.15) is 11.1 Å². The van der Waals surface area contributed by atoms with Gasteiger partial charge in [-0.3, -0.25) is 19.2 Å². The van der Waals surface area contributed by atoms with Crippen molar-refractivity contribution in [1.29, 1.82) is 0 Å². The lowest BCUT2D eigenvalue weighted by molar-refractivity contribution is -0.163. The molecule has 8 heteroatoms. The summed E-state index contributed by atoms with van der Waals surface area (Å²) < 4.78 is 9.73. The number of methoxy groups -OCH3 is 2. The zero-order chi connectivity index (χ0) is 23.7. The summed E-state index contributed by atoms with van der Waals surface area (Å²) in [6.45, 7) is 0. The van der Waals surface area contributed by atoms with E-state index in [9.17, 15) is 24.3 Å². The molecule has 0 bridgehead atoms. The molecular formula is C24H25ClO7. The van der Waals surface area contributed by atoms with Crippen molar-refractivity contribution in [2.24, 2.45) is 23.7 Å². The number of rotatable bonds is 11. The first kappa shape index (κ1) is 25.1. The van der Waals surface area contributed by atoms with Crippen LogP contribution in [0.2, 0.25) is 0 Å². The fourth-order valence-corrected chi connectivity index (χ4v) is 4.17. The summed E-state index contributed by atoms with van der Waals surface area (Å²) in [5.74, 6) is -8.63. The van der Waals surface area contributed by atoms with Gasteiger partial charge in [-0.2, -0.15) is 0 Å². The van der Waals surface area contributed by atoms with E-state index in [1.807, 2.05) is 0 Å². The van der Waals surface area contributed by atoms with Crippen molar-refractivity contribution < 1.29 is 33.8 Å². The molecule has 0 unspecified atom stereocenters. The lowest BCUT2D eigenvalue weighted by Gasteiger charge is -2.31. The van der Waals surface area contributed by atoms with Crippen molar-refractivity contribution >= 4 is 34.8 Å². The number of ether oxygens (including phenoxy) is 2. The molecule has 0 aliphatic heterocycles. The van der Waals surface area contributed by atoms with E-state index in [-0.39, 0.29) is 12.8 Å². The first-order chi connectivity index (χ1) is 15.3. The Kier molecular flexibility index (Phi) is 9.40. The minimum atomic E-state index is -1.61. The summed E-state index contributed by atoms with van der Waals surface area (Å²) in [7, 11) is 2.28. The van der Waals surface area contributed by atoms with Crippen LogP contribution in [0.25, 0.3) is 0 Å². The van der Waals surface area contributed by atoms with Gasteiger partial charge in [0.05, 0.1) is 37.9 Å². The van der Waals surface area contributed by atoms with Gasteiger partial charge < -0.3 is 14.6 Å². The Labute approximate surface area is 191 Å². The first-order valence-corrected chi connectivity index (χ1v) is 10.3. The number of benzene rings is 2. The number of esters is 2. The lowest BCUT2D eigenvalue weighted by Crippen LogP contribution is -2.45. The van der Waals surface area contributed by atoms with Crippen molar-refractivity contribution in [1.82, 2.24) is 0 Å². The van der Waals surface area contributed by atoms with Gasteiger partial charge in [0, 0.05) is 0 Å². The van der Waals surface area contributed by atoms with E-state index in [0.29, 0.717) is 11.1 Å². The predicted molar refractivity (Wildman–Crippen MR) is 117 cm³/mol. The summed E-state index contributed by atoms with van der Waals surface area (Å²) in [6, 6.07) is 17.5. The predicted octanol–water partition coefficient (Wildman–Crippen LogP) is 3.13. The van der Waals surface area contributed by atoms with Crippen molar-refractivity contribution in [3.8, 4) is 0 Å². The second-order valence-corrected chi connectivity index (χ2v) is 7.71. The van der Waals surface area contributed by atoms with Gasteiger partial charge in [0.2, 0.25) is 5.24 Å². The maximum Gasteiger partial charge on any atom is 0.309 e. The van der Waals surface area contributed by atoms with Crippen LogP contribution >= 0.6 is 11.6 Å². The number of carbonyl (C=O) groups excluding carboxylic acids is 3. The Morgan fingerprint density at radius 3 is 1.44 bits per heavy atom. The van der Waals surface area contributed by atoms with Gasteiger partial charge in [0.25, 0.3) is 0 Å². The molecule has 0 fully saturated rings. The minimum Gasteiger partial charge on any atom is -0.481 e. The Balaban J connectivity index is 2.55. The molecule has 170 valence electrons. The molecule has 1 N–H and O–H groups in total. The number of carboxylic acid groups (broad SMARTS) is 1. The van der Waals surface area contributed by atoms with Gasteiger partial charge in [0.1, 0.15) is 0 Å². The molecule has 0 spiro atoms. The summed E-state index contributed by atoms with van der Waals surface area (Å²) in [5.41, 5.74) is 1.36. The molecule has 2 aromatic rings. The van der Waals surface area contributed by atoms with Gasteiger partial charge in [-0.05, 0) is 35.6 Å². The van der Waals surface area contributed by atoms with Crippen LogP contribution in [0.5, 0.6) is 0 Å². The maximum absolute atomic E-state index is 12.7. The number of halogens is 1. The number of carboxylic acids is 1. The van der Waals surface area contributed by atoms with Gasteiger partial charge >= 0.3 is 17.9 Å². The molecule has 2 rings (SSSR count). The molecular weight excluding hydrogens is 436 g/mol. The van der Waals surface area contributed by atoms with Crippen LogP contribution in [0.3, 0.4) is 0 Å². The molecule has 0 aliphatic carbocycles. The molecule has 0 saturated heterocycles. The highest BCUT2D eigenvalue weighted by molar-refractivity contribution is 6.64. The molecule has 2 aromatic carbocycles. The third-order valence-corrected chi connectivity index (χ3v) is 5.66.